The zero-order chi connectivity index (χ0) is 16.6. The van der Waals surface area contributed by atoms with Gasteiger partial charge in [-0.2, -0.15) is 8.78 Å². The minimum atomic E-state index is -3.39. The summed E-state index contributed by atoms with van der Waals surface area (Å²) < 4.78 is 29.6. The average Bonchev–Trinajstić information content (AvgIpc) is 2.60. The van der Waals surface area contributed by atoms with Crippen molar-refractivity contribution >= 4 is 23.7 Å². The number of fused-ring (bicyclic) bond motifs is 2. The molecule has 1 aliphatic heterocycles. The molecule has 5 heteroatoms. The maximum Gasteiger partial charge on any atom is 0.355 e. The molecule has 2 aromatic carbocycles. The maximum atomic E-state index is 14.8. The first-order valence-electron chi connectivity index (χ1n) is 7.20. The number of nitrogens with one attached hydrogen (secondary N) is 1. The van der Waals surface area contributed by atoms with E-state index in [1.165, 1.54) is 6.07 Å². The molecule has 0 saturated heterocycles. The number of nitrogens with zero attached hydrogens (tertiary/aromatic N) is 1. The molecule has 1 amide bonds. The molecule has 23 heavy (non-hydrogen) atoms. The van der Waals surface area contributed by atoms with Crippen molar-refractivity contribution in [3.63, 3.8) is 0 Å². The summed E-state index contributed by atoms with van der Waals surface area (Å²) in [7, 11) is 2.84. The Labute approximate surface area is 133 Å². The van der Waals surface area contributed by atoms with Crippen LogP contribution < -0.4 is 5.32 Å². The van der Waals surface area contributed by atoms with Gasteiger partial charge in [-0.15, -0.1) is 0 Å². The smallest absolute Gasteiger partial charge is 0.355 e. The van der Waals surface area contributed by atoms with Gasteiger partial charge < -0.3 is 5.32 Å². The number of amides is 1. The maximum absolute atomic E-state index is 14.8. The first-order chi connectivity index (χ1) is 10.9. The summed E-state index contributed by atoms with van der Waals surface area (Å²) in [6.07, 6.45) is 3.31. The molecule has 2 aromatic rings. The van der Waals surface area contributed by atoms with Crippen LogP contribution in [0.15, 0.2) is 42.5 Å². The van der Waals surface area contributed by atoms with Crippen LogP contribution >= 0.6 is 0 Å². The number of rotatable bonds is 1. The van der Waals surface area contributed by atoms with Crippen LogP contribution in [0.1, 0.15) is 27.0 Å². The highest BCUT2D eigenvalue weighted by atomic mass is 19.3. The topological polar surface area (TPSA) is 32.3 Å². The zero-order valence-corrected chi connectivity index (χ0v) is 12.8. The molecule has 118 valence electrons. The Bertz CT molecular complexity index is 799. The Morgan fingerprint density at radius 1 is 1.04 bits per heavy atom. The lowest BCUT2D eigenvalue weighted by Crippen LogP contribution is -2.41. The van der Waals surface area contributed by atoms with Crippen molar-refractivity contribution in [1.29, 1.82) is 0 Å². The van der Waals surface area contributed by atoms with Gasteiger partial charge in [-0.3, -0.25) is 9.69 Å². The molecular weight excluding hydrogens is 298 g/mol. The van der Waals surface area contributed by atoms with Crippen molar-refractivity contribution in [1.82, 2.24) is 4.90 Å². The fraction of sp³-hybridized carbons (Fsp3) is 0.167. The van der Waals surface area contributed by atoms with Crippen LogP contribution in [0.25, 0.3) is 12.2 Å². The molecule has 0 saturated carbocycles. The number of anilines is 1. The predicted molar refractivity (Wildman–Crippen MR) is 87.3 cm³/mol. The SMILES string of the molecule is CNc1ccc2c(c1)C(=O)N(C)C(F)(F)c1ccccc1/C=C/2. The van der Waals surface area contributed by atoms with Gasteiger partial charge in [-0.05, 0) is 23.3 Å². The quantitative estimate of drug-likeness (QED) is 0.806. The zero-order valence-electron chi connectivity index (χ0n) is 12.8. The average molecular weight is 314 g/mol. The van der Waals surface area contributed by atoms with E-state index in [0.717, 1.165) is 7.05 Å². The predicted octanol–water partition coefficient (Wildman–Crippen LogP) is 4.03. The minimum absolute atomic E-state index is 0.186. The van der Waals surface area contributed by atoms with E-state index < -0.39 is 12.0 Å². The van der Waals surface area contributed by atoms with Gasteiger partial charge in [0.25, 0.3) is 5.91 Å². The van der Waals surface area contributed by atoms with Gasteiger partial charge >= 0.3 is 6.05 Å². The normalized spacial score (nSPS) is 17.4. The number of carbonyl (C=O) groups excluding carboxylic acids is 1. The van der Waals surface area contributed by atoms with Crippen molar-refractivity contribution in [2.75, 3.05) is 19.4 Å². The van der Waals surface area contributed by atoms with Crippen LogP contribution in [0.2, 0.25) is 0 Å². The third kappa shape index (κ3) is 2.48. The summed E-state index contributed by atoms with van der Waals surface area (Å²) in [6.45, 7) is 0. The first kappa shape index (κ1) is 15.2. The van der Waals surface area contributed by atoms with Gasteiger partial charge in [0.15, 0.2) is 0 Å². The standard InChI is InChI=1S/C18H16F2N2O/c1-21-14-10-9-12-7-8-13-5-3-4-6-16(13)18(19,20)22(2)17(23)15(12)11-14/h3-11,21H,1-2H3/b8-7+. The Morgan fingerprint density at radius 3 is 2.48 bits per heavy atom. The highest BCUT2D eigenvalue weighted by molar-refractivity contribution is 6.00. The van der Waals surface area contributed by atoms with Crippen molar-refractivity contribution < 1.29 is 13.6 Å². The lowest BCUT2D eigenvalue weighted by atomic mass is 10.0. The van der Waals surface area contributed by atoms with Crippen LogP contribution in [0, 0.1) is 0 Å². The molecule has 1 heterocycles. The second-order valence-corrected chi connectivity index (χ2v) is 5.38. The molecule has 0 atom stereocenters. The van der Waals surface area contributed by atoms with E-state index in [1.807, 2.05) is 0 Å². The highest BCUT2D eigenvalue weighted by Crippen LogP contribution is 2.37. The van der Waals surface area contributed by atoms with Crippen molar-refractivity contribution in [2.24, 2.45) is 0 Å². The van der Waals surface area contributed by atoms with Crippen molar-refractivity contribution in [3.8, 4) is 0 Å². The Balaban J connectivity index is 2.26. The van der Waals surface area contributed by atoms with Crippen LogP contribution in [-0.2, 0) is 6.05 Å². The van der Waals surface area contributed by atoms with Crippen molar-refractivity contribution in [3.05, 3.63) is 64.7 Å². The number of benzene rings is 2. The van der Waals surface area contributed by atoms with Crippen molar-refractivity contribution in [2.45, 2.75) is 6.05 Å². The summed E-state index contributed by atoms with van der Waals surface area (Å²) >= 11 is 0. The van der Waals surface area contributed by atoms with E-state index in [2.05, 4.69) is 5.32 Å². The molecule has 0 aromatic heterocycles. The van der Waals surface area contributed by atoms with Crippen LogP contribution in [0.3, 0.4) is 0 Å². The molecule has 0 bridgehead atoms. The third-order valence-corrected chi connectivity index (χ3v) is 4.03. The number of carbonyl (C=O) groups is 1. The van der Waals surface area contributed by atoms with E-state index >= 15 is 0 Å². The summed E-state index contributed by atoms with van der Waals surface area (Å²) in [5, 5.41) is 2.92. The molecule has 0 radical (unpaired) electrons. The van der Waals surface area contributed by atoms with Gasteiger partial charge in [-0.1, -0.05) is 42.5 Å². The Kier molecular flexibility index (Phi) is 3.64. The molecule has 1 aliphatic rings. The lowest BCUT2D eigenvalue weighted by molar-refractivity contribution is -0.120. The van der Waals surface area contributed by atoms with Gasteiger partial charge in [0.1, 0.15) is 0 Å². The van der Waals surface area contributed by atoms with Crippen LogP contribution in [-0.4, -0.2) is 24.9 Å². The van der Waals surface area contributed by atoms with E-state index in [4.69, 9.17) is 0 Å². The largest absolute Gasteiger partial charge is 0.388 e. The first-order valence-corrected chi connectivity index (χ1v) is 7.20. The molecule has 0 unspecified atom stereocenters. The lowest BCUT2D eigenvalue weighted by Gasteiger charge is -2.29. The molecule has 0 fully saturated rings. The second-order valence-electron chi connectivity index (χ2n) is 5.38. The van der Waals surface area contributed by atoms with Gasteiger partial charge in [0.05, 0.1) is 5.56 Å². The fourth-order valence-electron chi connectivity index (χ4n) is 2.63. The Morgan fingerprint density at radius 2 is 1.74 bits per heavy atom. The summed E-state index contributed by atoms with van der Waals surface area (Å²) in [5.74, 6) is -0.719. The molecule has 0 aliphatic carbocycles. The molecular formula is C18H16F2N2O. The Hall–Kier alpha value is -2.69. The molecule has 3 rings (SSSR count). The third-order valence-electron chi connectivity index (χ3n) is 4.03. The molecule has 0 spiro atoms. The molecule has 3 nitrogen and oxygen atoms in total. The van der Waals surface area contributed by atoms with Gasteiger partial charge in [-0.25, -0.2) is 0 Å². The minimum Gasteiger partial charge on any atom is -0.388 e. The molecule has 1 N–H and O–H groups in total. The van der Waals surface area contributed by atoms with E-state index in [-0.39, 0.29) is 11.1 Å². The van der Waals surface area contributed by atoms with Gasteiger partial charge in [0.2, 0.25) is 0 Å². The number of halogens is 2. The summed E-state index contributed by atoms with van der Waals surface area (Å²) in [6, 6.07) is 7.95. The second kappa shape index (κ2) is 5.50. The number of hydrogen-bond donors (Lipinski definition) is 1. The number of alkyl halides is 2. The summed E-state index contributed by atoms with van der Waals surface area (Å²) in [5.41, 5.74) is 1.74. The highest BCUT2D eigenvalue weighted by Gasteiger charge is 2.42. The number of hydrogen-bond acceptors (Lipinski definition) is 2. The van der Waals surface area contributed by atoms with E-state index in [1.54, 1.807) is 55.6 Å². The van der Waals surface area contributed by atoms with Gasteiger partial charge in [0, 0.05) is 25.3 Å². The van der Waals surface area contributed by atoms with Crippen LogP contribution in [0.5, 0.6) is 0 Å². The fourth-order valence-corrected chi connectivity index (χ4v) is 2.63. The monoisotopic (exact) mass is 314 g/mol. The van der Waals surface area contributed by atoms with E-state index in [9.17, 15) is 13.6 Å². The van der Waals surface area contributed by atoms with E-state index in [0.29, 0.717) is 21.7 Å². The van der Waals surface area contributed by atoms with Crippen LogP contribution in [0.4, 0.5) is 14.5 Å². The summed E-state index contributed by atoms with van der Waals surface area (Å²) in [4.78, 5) is 13.1.